The lowest BCUT2D eigenvalue weighted by Gasteiger charge is -2.16. The van der Waals surface area contributed by atoms with Gasteiger partial charge in [0.05, 0.1) is 5.69 Å². The molecule has 1 aromatic carbocycles. The van der Waals surface area contributed by atoms with Crippen LogP contribution in [0.1, 0.15) is 29.0 Å². The lowest BCUT2D eigenvalue weighted by Crippen LogP contribution is -2.34. The van der Waals surface area contributed by atoms with E-state index >= 15 is 0 Å². The Kier molecular flexibility index (Phi) is 3.56. The standard InChI is InChI=1S/C16H17N3O2/c1-12-11-14(20)15(16(21)18-9-5-6-10-18)17-19(12)13-7-3-2-4-8-13/h2-4,7-8,11H,5-6,9-10H2,1H3. The first-order chi connectivity index (χ1) is 10.2. The van der Waals surface area contributed by atoms with Gasteiger partial charge < -0.3 is 4.90 Å². The molecule has 1 aromatic heterocycles. The van der Waals surface area contributed by atoms with Crippen molar-refractivity contribution in [1.82, 2.24) is 14.7 Å². The number of para-hydroxylation sites is 1. The van der Waals surface area contributed by atoms with E-state index in [1.165, 1.54) is 6.07 Å². The van der Waals surface area contributed by atoms with Crippen molar-refractivity contribution in [2.45, 2.75) is 19.8 Å². The predicted molar refractivity (Wildman–Crippen MR) is 79.7 cm³/mol. The first-order valence-corrected chi connectivity index (χ1v) is 7.12. The number of amides is 1. The maximum absolute atomic E-state index is 12.4. The fraction of sp³-hybridized carbons (Fsp3) is 0.312. The summed E-state index contributed by atoms with van der Waals surface area (Å²) in [4.78, 5) is 26.2. The molecule has 0 radical (unpaired) electrons. The molecule has 2 heterocycles. The average Bonchev–Trinajstić information content (AvgIpc) is 3.02. The van der Waals surface area contributed by atoms with E-state index in [-0.39, 0.29) is 17.0 Å². The Labute approximate surface area is 122 Å². The number of rotatable bonds is 2. The third-order valence-corrected chi connectivity index (χ3v) is 3.70. The van der Waals surface area contributed by atoms with Gasteiger partial charge in [0.1, 0.15) is 0 Å². The van der Waals surface area contributed by atoms with Crippen molar-refractivity contribution in [3.63, 3.8) is 0 Å². The van der Waals surface area contributed by atoms with E-state index in [0.717, 1.165) is 18.5 Å². The van der Waals surface area contributed by atoms with Gasteiger partial charge in [-0.05, 0) is 31.9 Å². The molecule has 5 nitrogen and oxygen atoms in total. The van der Waals surface area contributed by atoms with Crippen molar-refractivity contribution in [3.05, 3.63) is 58.0 Å². The molecule has 0 saturated carbocycles. The maximum atomic E-state index is 12.4. The number of hydrogen-bond acceptors (Lipinski definition) is 3. The minimum Gasteiger partial charge on any atom is -0.337 e. The van der Waals surface area contributed by atoms with Gasteiger partial charge in [0.2, 0.25) is 5.43 Å². The zero-order valence-electron chi connectivity index (χ0n) is 12.0. The molecule has 1 aliphatic heterocycles. The lowest BCUT2D eigenvalue weighted by molar-refractivity contribution is 0.0783. The SMILES string of the molecule is Cc1cc(=O)c(C(=O)N2CCCC2)nn1-c1ccccc1. The van der Waals surface area contributed by atoms with Crippen molar-refractivity contribution in [1.29, 1.82) is 0 Å². The van der Waals surface area contributed by atoms with Crippen LogP contribution in [0.15, 0.2) is 41.2 Å². The van der Waals surface area contributed by atoms with Gasteiger partial charge in [0, 0.05) is 24.8 Å². The highest BCUT2D eigenvalue weighted by Gasteiger charge is 2.24. The van der Waals surface area contributed by atoms with Crippen molar-refractivity contribution in [2.75, 3.05) is 13.1 Å². The van der Waals surface area contributed by atoms with E-state index in [0.29, 0.717) is 18.8 Å². The van der Waals surface area contributed by atoms with Crippen LogP contribution in [0.3, 0.4) is 0 Å². The van der Waals surface area contributed by atoms with Crippen LogP contribution in [-0.4, -0.2) is 33.7 Å². The van der Waals surface area contributed by atoms with E-state index < -0.39 is 0 Å². The Bertz CT molecular complexity index is 716. The van der Waals surface area contributed by atoms with Crippen molar-refractivity contribution < 1.29 is 4.79 Å². The summed E-state index contributed by atoms with van der Waals surface area (Å²) >= 11 is 0. The molecule has 1 saturated heterocycles. The van der Waals surface area contributed by atoms with Gasteiger partial charge in [0.25, 0.3) is 5.91 Å². The molecule has 0 bridgehead atoms. The van der Waals surface area contributed by atoms with Gasteiger partial charge in [0.15, 0.2) is 5.69 Å². The van der Waals surface area contributed by atoms with Crippen LogP contribution in [0.4, 0.5) is 0 Å². The van der Waals surface area contributed by atoms with E-state index in [9.17, 15) is 9.59 Å². The number of nitrogens with zero attached hydrogens (tertiary/aromatic N) is 3. The van der Waals surface area contributed by atoms with Crippen LogP contribution in [-0.2, 0) is 0 Å². The number of carbonyl (C=O) groups is 1. The Morgan fingerprint density at radius 1 is 1.14 bits per heavy atom. The van der Waals surface area contributed by atoms with Gasteiger partial charge in [-0.3, -0.25) is 9.59 Å². The maximum Gasteiger partial charge on any atom is 0.278 e. The minimum atomic E-state index is -0.309. The molecular weight excluding hydrogens is 266 g/mol. The average molecular weight is 283 g/mol. The summed E-state index contributed by atoms with van der Waals surface area (Å²) in [5.41, 5.74) is 1.25. The highest BCUT2D eigenvalue weighted by Crippen LogP contribution is 2.12. The molecule has 1 amide bonds. The molecule has 1 fully saturated rings. The second-order valence-electron chi connectivity index (χ2n) is 5.25. The summed E-state index contributed by atoms with van der Waals surface area (Å²) in [6.45, 7) is 3.23. The number of likely N-dealkylation sites (tertiary alicyclic amines) is 1. The van der Waals surface area contributed by atoms with E-state index in [1.807, 2.05) is 37.3 Å². The quantitative estimate of drug-likeness (QED) is 0.844. The molecule has 2 aromatic rings. The van der Waals surface area contributed by atoms with E-state index in [2.05, 4.69) is 5.10 Å². The Hall–Kier alpha value is -2.43. The molecule has 0 spiro atoms. The zero-order valence-corrected chi connectivity index (χ0v) is 12.0. The van der Waals surface area contributed by atoms with Crippen molar-refractivity contribution >= 4 is 5.91 Å². The second kappa shape index (κ2) is 5.52. The first-order valence-electron chi connectivity index (χ1n) is 7.12. The molecule has 1 aliphatic rings. The normalized spacial score (nSPS) is 14.4. The van der Waals surface area contributed by atoms with Crippen LogP contribution in [0.5, 0.6) is 0 Å². The molecule has 0 unspecified atom stereocenters. The summed E-state index contributed by atoms with van der Waals surface area (Å²) in [5, 5.41) is 4.30. The monoisotopic (exact) mass is 283 g/mol. The Morgan fingerprint density at radius 3 is 2.48 bits per heavy atom. The van der Waals surface area contributed by atoms with Crippen molar-refractivity contribution in [3.8, 4) is 5.69 Å². The van der Waals surface area contributed by atoms with Gasteiger partial charge in [-0.15, -0.1) is 0 Å². The fourth-order valence-electron chi connectivity index (χ4n) is 2.60. The lowest BCUT2D eigenvalue weighted by atomic mass is 10.2. The third kappa shape index (κ3) is 2.59. The minimum absolute atomic E-state index is 0.00588. The molecule has 21 heavy (non-hydrogen) atoms. The predicted octanol–water partition coefficient (Wildman–Crippen LogP) is 1.78. The highest BCUT2D eigenvalue weighted by atomic mass is 16.2. The van der Waals surface area contributed by atoms with Crippen LogP contribution in [0.25, 0.3) is 5.69 Å². The topological polar surface area (TPSA) is 55.2 Å². The summed E-state index contributed by atoms with van der Waals surface area (Å²) in [6, 6.07) is 11.0. The number of carbonyl (C=O) groups excluding carboxylic acids is 1. The first kappa shape index (κ1) is 13.5. The number of benzene rings is 1. The molecule has 3 rings (SSSR count). The van der Waals surface area contributed by atoms with Crippen LogP contribution in [0, 0.1) is 6.92 Å². The highest BCUT2D eigenvalue weighted by molar-refractivity contribution is 5.92. The van der Waals surface area contributed by atoms with Gasteiger partial charge in [-0.2, -0.15) is 5.10 Å². The largest absolute Gasteiger partial charge is 0.337 e. The van der Waals surface area contributed by atoms with Gasteiger partial charge >= 0.3 is 0 Å². The van der Waals surface area contributed by atoms with E-state index in [4.69, 9.17) is 0 Å². The number of aromatic nitrogens is 2. The Balaban J connectivity index is 2.06. The smallest absolute Gasteiger partial charge is 0.278 e. The summed E-state index contributed by atoms with van der Waals surface area (Å²) in [5.74, 6) is -0.262. The summed E-state index contributed by atoms with van der Waals surface area (Å²) in [6.07, 6.45) is 1.98. The van der Waals surface area contributed by atoms with Gasteiger partial charge in [-0.1, -0.05) is 18.2 Å². The third-order valence-electron chi connectivity index (χ3n) is 3.70. The molecule has 0 N–H and O–H groups in total. The molecule has 5 heteroatoms. The van der Waals surface area contributed by atoms with E-state index in [1.54, 1.807) is 9.58 Å². The van der Waals surface area contributed by atoms with Crippen LogP contribution >= 0.6 is 0 Å². The summed E-state index contributed by atoms with van der Waals surface area (Å²) in [7, 11) is 0. The second-order valence-corrected chi connectivity index (χ2v) is 5.25. The van der Waals surface area contributed by atoms with Crippen LogP contribution < -0.4 is 5.43 Å². The Morgan fingerprint density at radius 2 is 1.81 bits per heavy atom. The molecule has 0 aliphatic carbocycles. The zero-order chi connectivity index (χ0) is 14.8. The fourth-order valence-corrected chi connectivity index (χ4v) is 2.60. The number of aryl methyl sites for hydroxylation is 1. The number of hydrogen-bond donors (Lipinski definition) is 0. The summed E-state index contributed by atoms with van der Waals surface area (Å²) < 4.78 is 1.64. The molecule has 0 atom stereocenters. The van der Waals surface area contributed by atoms with Gasteiger partial charge in [-0.25, -0.2) is 4.68 Å². The van der Waals surface area contributed by atoms with Crippen molar-refractivity contribution in [2.24, 2.45) is 0 Å². The van der Waals surface area contributed by atoms with Crippen LogP contribution in [0.2, 0.25) is 0 Å². The molecular formula is C16H17N3O2. The molecule has 108 valence electrons.